The molecule has 2 aromatic carbocycles. The number of nitrogen functional groups attached to an aromatic ring is 1. The maximum Gasteiger partial charge on any atom is 0.0391 e. The van der Waals surface area contributed by atoms with E-state index in [0.717, 1.165) is 21.3 Å². The van der Waals surface area contributed by atoms with Crippen molar-refractivity contribution in [3.63, 3.8) is 0 Å². The van der Waals surface area contributed by atoms with E-state index in [1.165, 1.54) is 0 Å². The van der Waals surface area contributed by atoms with Crippen molar-refractivity contribution in [1.82, 2.24) is 0 Å². The summed E-state index contributed by atoms with van der Waals surface area (Å²) in [5.41, 5.74) is 8.32. The predicted octanol–water partition coefficient (Wildman–Crippen LogP) is 3.43. The summed E-state index contributed by atoms with van der Waals surface area (Å²) in [4.78, 5) is 0. The second-order valence-corrected chi connectivity index (χ2v) is 4.21. The topological polar surface area (TPSA) is 26.0 Å². The molecule has 0 aliphatic heterocycles. The summed E-state index contributed by atoms with van der Waals surface area (Å²) in [5, 5.41) is 0. The first-order chi connectivity index (χ1) is 7.75. The summed E-state index contributed by atoms with van der Waals surface area (Å²) in [5.74, 6) is 6.19. The van der Waals surface area contributed by atoms with Gasteiger partial charge < -0.3 is 5.73 Å². The molecule has 0 atom stereocenters. The minimum absolute atomic E-state index is 0.735. The van der Waals surface area contributed by atoms with Crippen molar-refractivity contribution in [1.29, 1.82) is 0 Å². The van der Waals surface area contributed by atoms with E-state index in [9.17, 15) is 0 Å². The molecule has 2 aromatic rings. The minimum atomic E-state index is 0.735. The molecular formula is C14H10BrN. The molecule has 0 unspecified atom stereocenters. The van der Waals surface area contributed by atoms with E-state index in [0.29, 0.717) is 0 Å². The Bertz CT molecular complexity index is 564. The maximum absolute atomic E-state index is 5.68. The number of benzene rings is 2. The van der Waals surface area contributed by atoms with Crippen LogP contribution >= 0.6 is 15.9 Å². The van der Waals surface area contributed by atoms with Crippen molar-refractivity contribution < 1.29 is 0 Å². The first-order valence-electron chi connectivity index (χ1n) is 4.88. The lowest BCUT2D eigenvalue weighted by atomic mass is 10.2. The second kappa shape index (κ2) is 4.87. The summed E-state index contributed by atoms with van der Waals surface area (Å²) in [6.45, 7) is 0. The molecule has 0 heterocycles. The molecule has 16 heavy (non-hydrogen) atoms. The van der Waals surface area contributed by atoms with Crippen LogP contribution in [0.4, 0.5) is 5.69 Å². The van der Waals surface area contributed by atoms with Crippen molar-refractivity contribution in [2.45, 2.75) is 0 Å². The van der Waals surface area contributed by atoms with Crippen molar-refractivity contribution in [2.75, 3.05) is 5.73 Å². The lowest BCUT2D eigenvalue weighted by molar-refractivity contribution is 1.58. The van der Waals surface area contributed by atoms with Crippen LogP contribution in [0.1, 0.15) is 11.1 Å². The molecule has 0 radical (unpaired) electrons. The fourth-order valence-electron chi connectivity index (χ4n) is 1.32. The summed E-state index contributed by atoms with van der Waals surface area (Å²) in [6, 6.07) is 15.4. The Morgan fingerprint density at radius 1 is 0.938 bits per heavy atom. The zero-order chi connectivity index (χ0) is 11.4. The van der Waals surface area contributed by atoms with Crippen LogP contribution in [0, 0.1) is 11.8 Å². The molecular weight excluding hydrogens is 262 g/mol. The largest absolute Gasteiger partial charge is 0.399 e. The highest BCUT2D eigenvalue weighted by Gasteiger charge is 1.92. The van der Waals surface area contributed by atoms with Gasteiger partial charge in [-0.1, -0.05) is 30.0 Å². The molecule has 0 spiro atoms. The van der Waals surface area contributed by atoms with Crippen LogP contribution in [0.5, 0.6) is 0 Å². The van der Waals surface area contributed by atoms with Crippen LogP contribution in [0.2, 0.25) is 0 Å². The lowest BCUT2D eigenvalue weighted by Crippen LogP contribution is -1.84. The Hall–Kier alpha value is -1.72. The van der Waals surface area contributed by atoms with Crippen molar-refractivity contribution in [3.05, 3.63) is 64.1 Å². The van der Waals surface area contributed by atoms with Gasteiger partial charge in [-0.15, -0.1) is 0 Å². The zero-order valence-corrected chi connectivity index (χ0v) is 10.2. The zero-order valence-electron chi connectivity index (χ0n) is 8.57. The monoisotopic (exact) mass is 271 g/mol. The van der Waals surface area contributed by atoms with Gasteiger partial charge in [0.25, 0.3) is 0 Å². The Balaban J connectivity index is 2.32. The fourth-order valence-corrected chi connectivity index (χ4v) is 1.70. The minimum Gasteiger partial charge on any atom is -0.399 e. The van der Waals surface area contributed by atoms with Gasteiger partial charge in [0, 0.05) is 21.3 Å². The van der Waals surface area contributed by atoms with Crippen LogP contribution in [0.3, 0.4) is 0 Å². The number of rotatable bonds is 0. The molecule has 0 aromatic heterocycles. The number of hydrogen-bond donors (Lipinski definition) is 1. The molecule has 0 aliphatic carbocycles. The third-order valence-corrected chi connectivity index (χ3v) is 2.79. The molecule has 0 saturated carbocycles. The van der Waals surface area contributed by atoms with Gasteiger partial charge in [-0.3, -0.25) is 0 Å². The first kappa shape index (κ1) is 10.8. The van der Waals surface area contributed by atoms with Crippen LogP contribution < -0.4 is 5.73 Å². The highest BCUT2D eigenvalue weighted by molar-refractivity contribution is 9.10. The van der Waals surface area contributed by atoms with E-state index >= 15 is 0 Å². The van der Waals surface area contributed by atoms with Gasteiger partial charge >= 0.3 is 0 Å². The van der Waals surface area contributed by atoms with Crippen molar-refractivity contribution in [3.8, 4) is 11.8 Å². The molecule has 78 valence electrons. The highest BCUT2D eigenvalue weighted by Crippen LogP contribution is 2.14. The Kier molecular flexibility index (Phi) is 3.28. The maximum atomic E-state index is 5.68. The lowest BCUT2D eigenvalue weighted by Gasteiger charge is -1.94. The van der Waals surface area contributed by atoms with Gasteiger partial charge in [-0.25, -0.2) is 0 Å². The fraction of sp³-hybridized carbons (Fsp3) is 0. The third kappa shape index (κ3) is 2.65. The molecule has 2 N–H and O–H groups in total. The van der Waals surface area contributed by atoms with Crippen LogP contribution in [-0.4, -0.2) is 0 Å². The number of hydrogen-bond acceptors (Lipinski definition) is 1. The van der Waals surface area contributed by atoms with Gasteiger partial charge in [-0.05, 0) is 46.3 Å². The van der Waals surface area contributed by atoms with E-state index in [-0.39, 0.29) is 0 Å². The molecule has 2 rings (SSSR count). The van der Waals surface area contributed by atoms with Crippen LogP contribution in [0.15, 0.2) is 53.0 Å². The van der Waals surface area contributed by atoms with Gasteiger partial charge in [0.1, 0.15) is 0 Å². The number of nitrogens with two attached hydrogens (primary N) is 1. The Morgan fingerprint density at radius 3 is 2.50 bits per heavy atom. The first-order valence-corrected chi connectivity index (χ1v) is 5.67. The molecule has 0 amide bonds. The third-order valence-electron chi connectivity index (χ3n) is 2.10. The van der Waals surface area contributed by atoms with Gasteiger partial charge in [0.15, 0.2) is 0 Å². The summed E-state index contributed by atoms with van der Waals surface area (Å²) in [6.07, 6.45) is 0. The highest BCUT2D eigenvalue weighted by atomic mass is 79.9. The SMILES string of the molecule is Nc1cccc(C#Cc2ccccc2Br)c1. The van der Waals surface area contributed by atoms with Gasteiger partial charge in [0.2, 0.25) is 0 Å². The Morgan fingerprint density at radius 2 is 1.75 bits per heavy atom. The van der Waals surface area contributed by atoms with Crippen LogP contribution in [-0.2, 0) is 0 Å². The van der Waals surface area contributed by atoms with E-state index in [2.05, 4.69) is 27.8 Å². The average Bonchev–Trinajstić information content (AvgIpc) is 2.28. The van der Waals surface area contributed by atoms with Crippen molar-refractivity contribution >= 4 is 21.6 Å². The van der Waals surface area contributed by atoms with E-state index in [1.54, 1.807) is 0 Å². The Labute approximate surface area is 103 Å². The molecule has 0 bridgehead atoms. The summed E-state index contributed by atoms with van der Waals surface area (Å²) >= 11 is 3.46. The standard InChI is InChI=1S/C14H10BrN/c15-14-7-2-1-5-12(14)9-8-11-4-3-6-13(16)10-11/h1-7,10H,16H2. The van der Waals surface area contributed by atoms with Gasteiger partial charge in [-0.2, -0.15) is 0 Å². The number of anilines is 1. The van der Waals surface area contributed by atoms with Crippen molar-refractivity contribution in [2.24, 2.45) is 0 Å². The summed E-state index contributed by atoms with van der Waals surface area (Å²) < 4.78 is 1.01. The normalized spacial score (nSPS) is 9.31. The molecule has 1 nitrogen and oxygen atoms in total. The van der Waals surface area contributed by atoms with E-state index in [1.807, 2.05) is 48.5 Å². The molecule has 2 heteroatoms. The molecule has 0 aliphatic rings. The average molecular weight is 272 g/mol. The van der Waals surface area contributed by atoms with Gasteiger partial charge in [0.05, 0.1) is 0 Å². The van der Waals surface area contributed by atoms with E-state index in [4.69, 9.17) is 5.73 Å². The second-order valence-electron chi connectivity index (χ2n) is 3.36. The smallest absolute Gasteiger partial charge is 0.0391 e. The quantitative estimate of drug-likeness (QED) is 0.577. The molecule has 0 saturated heterocycles. The predicted molar refractivity (Wildman–Crippen MR) is 71.0 cm³/mol. The van der Waals surface area contributed by atoms with E-state index < -0.39 is 0 Å². The molecule has 0 fully saturated rings. The summed E-state index contributed by atoms with van der Waals surface area (Å²) in [7, 11) is 0. The van der Waals surface area contributed by atoms with Crippen LogP contribution in [0.25, 0.3) is 0 Å². The number of halogens is 1.